The van der Waals surface area contributed by atoms with Crippen molar-refractivity contribution in [1.29, 1.82) is 0 Å². The first-order chi connectivity index (χ1) is 9.45. The highest BCUT2D eigenvalue weighted by molar-refractivity contribution is 5.60. The monoisotopic (exact) mass is 264 g/mol. The molecule has 0 aromatic carbocycles. The molecule has 3 rings (SSSR count). The predicted octanol–water partition coefficient (Wildman–Crippen LogP) is 5.97. The van der Waals surface area contributed by atoms with E-state index in [1.54, 1.807) is 22.3 Å². The number of rotatable bonds is 2. The normalized spacial score (nSPS) is 22.9. The predicted molar refractivity (Wildman–Crippen MR) is 87.5 cm³/mol. The fourth-order valence-electron chi connectivity index (χ4n) is 3.64. The van der Waals surface area contributed by atoms with Crippen molar-refractivity contribution in [3.63, 3.8) is 0 Å². The van der Waals surface area contributed by atoms with E-state index in [1.807, 2.05) is 0 Å². The van der Waals surface area contributed by atoms with Crippen LogP contribution in [0.4, 0.5) is 0 Å². The second-order valence-electron chi connectivity index (χ2n) is 6.65. The Hall–Kier alpha value is -1.56. The van der Waals surface area contributed by atoms with E-state index in [-0.39, 0.29) is 0 Å². The van der Waals surface area contributed by atoms with E-state index in [0.29, 0.717) is 0 Å². The molecule has 0 bridgehead atoms. The van der Waals surface area contributed by atoms with Crippen LogP contribution in [0.5, 0.6) is 0 Å². The molecule has 0 unspecified atom stereocenters. The summed E-state index contributed by atoms with van der Waals surface area (Å²) in [5, 5.41) is 0. The van der Waals surface area contributed by atoms with Crippen molar-refractivity contribution in [2.45, 2.75) is 53.9 Å². The van der Waals surface area contributed by atoms with Gasteiger partial charge in [-0.15, -0.1) is 0 Å². The van der Waals surface area contributed by atoms with Crippen molar-refractivity contribution in [2.24, 2.45) is 0 Å². The minimum absolute atomic E-state index is 1.13. The Balaban J connectivity index is 1.80. The SMILES string of the molecule is CC1=CC(C)=C(C2=CC(C)=C(C3=CC(C)=C(C)C3)C2)C1. The molecule has 104 valence electrons. The van der Waals surface area contributed by atoms with Gasteiger partial charge in [-0.25, -0.2) is 0 Å². The highest BCUT2D eigenvalue weighted by Crippen LogP contribution is 2.42. The topological polar surface area (TPSA) is 0 Å². The molecule has 0 fully saturated rings. The van der Waals surface area contributed by atoms with Crippen LogP contribution in [-0.2, 0) is 0 Å². The third kappa shape index (κ3) is 2.18. The molecule has 0 aromatic heterocycles. The van der Waals surface area contributed by atoms with Gasteiger partial charge in [0.2, 0.25) is 0 Å². The second-order valence-corrected chi connectivity index (χ2v) is 6.65. The highest BCUT2D eigenvalue weighted by Gasteiger charge is 2.23. The van der Waals surface area contributed by atoms with Gasteiger partial charge < -0.3 is 0 Å². The van der Waals surface area contributed by atoms with E-state index in [1.165, 1.54) is 27.9 Å². The first kappa shape index (κ1) is 13.4. The average molecular weight is 264 g/mol. The van der Waals surface area contributed by atoms with Crippen LogP contribution in [-0.4, -0.2) is 0 Å². The van der Waals surface area contributed by atoms with Gasteiger partial charge in [-0.1, -0.05) is 34.9 Å². The van der Waals surface area contributed by atoms with Crippen molar-refractivity contribution in [3.05, 3.63) is 68.4 Å². The zero-order valence-corrected chi connectivity index (χ0v) is 13.4. The smallest absolute Gasteiger partial charge is 0.00172 e. The third-order valence-electron chi connectivity index (χ3n) is 4.92. The van der Waals surface area contributed by atoms with E-state index in [4.69, 9.17) is 0 Å². The van der Waals surface area contributed by atoms with Gasteiger partial charge >= 0.3 is 0 Å². The molecule has 0 saturated carbocycles. The van der Waals surface area contributed by atoms with Crippen LogP contribution in [0.1, 0.15) is 53.9 Å². The number of hydrogen-bond donors (Lipinski definition) is 0. The minimum atomic E-state index is 1.13. The fraction of sp³-hybridized carbons (Fsp3) is 0.400. The summed E-state index contributed by atoms with van der Waals surface area (Å²) in [6.45, 7) is 11.3. The van der Waals surface area contributed by atoms with Crippen LogP contribution >= 0.6 is 0 Å². The van der Waals surface area contributed by atoms with Gasteiger partial charge in [-0.05, 0) is 87.3 Å². The van der Waals surface area contributed by atoms with E-state index in [2.05, 4.69) is 52.8 Å². The van der Waals surface area contributed by atoms with Crippen molar-refractivity contribution in [2.75, 3.05) is 0 Å². The first-order valence-electron chi connectivity index (χ1n) is 7.60. The molecule has 0 saturated heterocycles. The second kappa shape index (κ2) is 4.77. The van der Waals surface area contributed by atoms with Gasteiger partial charge in [0.05, 0.1) is 0 Å². The summed E-state index contributed by atoms with van der Waals surface area (Å²) in [5.74, 6) is 0. The zero-order valence-electron chi connectivity index (χ0n) is 13.4. The molecule has 0 aliphatic heterocycles. The lowest BCUT2D eigenvalue weighted by molar-refractivity contribution is 1.05. The van der Waals surface area contributed by atoms with Gasteiger partial charge in [-0.2, -0.15) is 0 Å². The molecule has 3 aliphatic carbocycles. The van der Waals surface area contributed by atoms with E-state index < -0.39 is 0 Å². The molecular weight excluding hydrogens is 240 g/mol. The maximum Gasteiger partial charge on any atom is -0.00172 e. The largest absolute Gasteiger partial charge is 0.0686 e. The zero-order chi connectivity index (χ0) is 14.4. The van der Waals surface area contributed by atoms with Gasteiger partial charge in [0, 0.05) is 0 Å². The molecule has 0 spiro atoms. The van der Waals surface area contributed by atoms with Gasteiger partial charge in [0.1, 0.15) is 0 Å². The molecule has 0 heterocycles. The molecular formula is C20H24. The van der Waals surface area contributed by atoms with Crippen LogP contribution in [0, 0.1) is 0 Å². The summed E-state index contributed by atoms with van der Waals surface area (Å²) in [4.78, 5) is 0. The molecule has 0 radical (unpaired) electrons. The van der Waals surface area contributed by atoms with Crippen LogP contribution < -0.4 is 0 Å². The Morgan fingerprint density at radius 2 is 1.15 bits per heavy atom. The summed E-state index contributed by atoms with van der Waals surface area (Å²) in [6.07, 6.45) is 10.6. The van der Waals surface area contributed by atoms with Crippen molar-refractivity contribution >= 4 is 0 Å². The van der Waals surface area contributed by atoms with E-state index in [0.717, 1.165) is 19.3 Å². The standard InChI is InChI=1S/C20H24/c1-12-6-15(4)19(7-12)18-10-16(5)20(11-18)17-8-13(2)14(3)9-17/h6,8,10H,7,9,11H2,1-5H3. The number of allylic oxidation sites excluding steroid dienone is 12. The lowest BCUT2D eigenvalue weighted by atomic mass is 9.94. The van der Waals surface area contributed by atoms with Gasteiger partial charge in [0.15, 0.2) is 0 Å². The van der Waals surface area contributed by atoms with E-state index in [9.17, 15) is 0 Å². The molecule has 3 aliphatic rings. The fourth-order valence-corrected chi connectivity index (χ4v) is 3.64. The maximum absolute atomic E-state index is 2.42. The molecule has 20 heavy (non-hydrogen) atoms. The van der Waals surface area contributed by atoms with Gasteiger partial charge in [0.25, 0.3) is 0 Å². The molecule has 0 heteroatoms. The average Bonchev–Trinajstić information content (AvgIpc) is 2.99. The molecule has 0 amide bonds. The summed E-state index contributed by atoms with van der Waals surface area (Å²) in [6, 6.07) is 0. The summed E-state index contributed by atoms with van der Waals surface area (Å²) in [5.41, 5.74) is 13.7. The molecule has 0 atom stereocenters. The Kier molecular flexibility index (Phi) is 3.20. The Bertz CT molecular complexity index is 667. The van der Waals surface area contributed by atoms with Crippen LogP contribution in [0.15, 0.2) is 68.4 Å². The third-order valence-corrected chi connectivity index (χ3v) is 4.92. The van der Waals surface area contributed by atoms with E-state index >= 15 is 0 Å². The summed E-state index contributed by atoms with van der Waals surface area (Å²) in [7, 11) is 0. The summed E-state index contributed by atoms with van der Waals surface area (Å²) >= 11 is 0. The van der Waals surface area contributed by atoms with Crippen molar-refractivity contribution < 1.29 is 0 Å². The minimum Gasteiger partial charge on any atom is -0.0686 e. The Morgan fingerprint density at radius 1 is 0.600 bits per heavy atom. The van der Waals surface area contributed by atoms with Crippen LogP contribution in [0.3, 0.4) is 0 Å². The maximum atomic E-state index is 2.42. The lowest BCUT2D eigenvalue weighted by Crippen LogP contribution is -1.92. The number of hydrogen-bond acceptors (Lipinski definition) is 0. The van der Waals surface area contributed by atoms with Gasteiger partial charge in [-0.3, -0.25) is 0 Å². The van der Waals surface area contributed by atoms with Crippen LogP contribution in [0.2, 0.25) is 0 Å². The first-order valence-corrected chi connectivity index (χ1v) is 7.60. The van der Waals surface area contributed by atoms with Crippen molar-refractivity contribution in [1.82, 2.24) is 0 Å². The Labute approximate surface area is 123 Å². The molecule has 0 nitrogen and oxygen atoms in total. The summed E-state index contributed by atoms with van der Waals surface area (Å²) < 4.78 is 0. The Morgan fingerprint density at radius 3 is 1.70 bits per heavy atom. The highest BCUT2D eigenvalue weighted by atomic mass is 14.3. The van der Waals surface area contributed by atoms with Crippen molar-refractivity contribution in [3.8, 4) is 0 Å². The lowest BCUT2D eigenvalue weighted by Gasteiger charge is -2.10. The molecule has 0 N–H and O–H groups in total. The quantitative estimate of drug-likeness (QED) is 0.576. The van der Waals surface area contributed by atoms with Crippen LogP contribution in [0.25, 0.3) is 0 Å². The molecule has 0 aromatic rings.